The first kappa shape index (κ1) is 26.4. The van der Waals surface area contributed by atoms with E-state index < -0.39 is 11.5 Å². The first-order chi connectivity index (χ1) is 16.6. The molecule has 0 heterocycles. The van der Waals surface area contributed by atoms with Crippen LogP contribution in [-0.2, 0) is 14.3 Å². The summed E-state index contributed by atoms with van der Waals surface area (Å²) in [5.74, 6) is 1.70. The van der Waals surface area contributed by atoms with Crippen LogP contribution in [0.4, 0.5) is 4.39 Å². The molecule has 0 aliphatic heterocycles. The quantitative estimate of drug-likeness (QED) is 0.223. The van der Waals surface area contributed by atoms with Crippen molar-refractivity contribution in [2.75, 3.05) is 0 Å². The summed E-state index contributed by atoms with van der Waals surface area (Å²) in [6.45, 7) is 20.2. The van der Waals surface area contributed by atoms with Gasteiger partial charge in [-0.25, -0.2) is 0 Å². The van der Waals surface area contributed by atoms with E-state index in [1.54, 1.807) is 0 Å². The zero-order chi connectivity index (χ0) is 26.5. The van der Waals surface area contributed by atoms with Crippen LogP contribution >= 0.6 is 0 Å². The Hall–Kier alpha value is -1.19. The van der Waals surface area contributed by atoms with Gasteiger partial charge in [-0.2, -0.15) is 4.39 Å². The van der Waals surface area contributed by atoms with E-state index in [-0.39, 0.29) is 45.6 Å². The summed E-state index contributed by atoms with van der Waals surface area (Å²) in [7, 11) is 0. The third kappa shape index (κ3) is 3.20. The standard InChI is InChI=1S/C32H49FO3/c1-19(2)21-11-16-32(27(33)35)18-17-30(7)22(26(21)32)9-10-24-29(6)14-13-25(36-20(3)34)28(4,5)23(29)12-15-31(24,30)8/h21-26H,1,9-18H2,2-8H3/t21-,22+,23-,24+,25-,26-,29-,30+,31+,32-/m0/s1. The molecule has 10 atom stereocenters. The minimum atomic E-state index is -1.05. The summed E-state index contributed by atoms with van der Waals surface area (Å²) in [6.07, 6.45) is 9.87. The summed E-state index contributed by atoms with van der Waals surface area (Å²) in [5, 5.41) is 0. The van der Waals surface area contributed by atoms with Gasteiger partial charge in [0.25, 0.3) is 0 Å². The van der Waals surface area contributed by atoms with Crippen molar-refractivity contribution in [2.45, 2.75) is 119 Å². The highest BCUT2D eigenvalue weighted by atomic mass is 19.1. The molecule has 5 rings (SSSR count). The summed E-state index contributed by atoms with van der Waals surface area (Å²) in [6, 6.07) is -1.05. The van der Waals surface area contributed by atoms with Crippen molar-refractivity contribution < 1.29 is 18.7 Å². The fraction of sp³-hybridized carbons (Fsp3) is 0.875. The Labute approximate surface area is 218 Å². The van der Waals surface area contributed by atoms with Gasteiger partial charge >= 0.3 is 12.0 Å². The van der Waals surface area contributed by atoms with Gasteiger partial charge in [0.1, 0.15) is 6.10 Å². The Morgan fingerprint density at radius 3 is 2.11 bits per heavy atom. The van der Waals surface area contributed by atoms with Crippen molar-refractivity contribution in [1.29, 1.82) is 0 Å². The number of rotatable bonds is 3. The second-order valence-corrected chi connectivity index (χ2v) is 15.1. The lowest BCUT2D eigenvalue weighted by molar-refractivity contribution is -0.249. The molecule has 0 bridgehead atoms. The van der Waals surface area contributed by atoms with Crippen molar-refractivity contribution in [3.05, 3.63) is 12.2 Å². The molecule has 0 aromatic carbocycles. The molecule has 0 N–H and O–H groups in total. The van der Waals surface area contributed by atoms with E-state index in [1.807, 2.05) is 0 Å². The summed E-state index contributed by atoms with van der Waals surface area (Å²) in [4.78, 5) is 24.5. The molecule has 4 heteroatoms. The molecule has 5 aliphatic carbocycles. The van der Waals surface area contributed by atoms with Gasteiger partial charge in [0.15, 0.2) is 0 Å². The molecular weight excluding hydrogens is 451 g/mol. The monoisotopic (exact) mass is 500 g/mol. The van der Waals surface area contributed by atoms with Crippen LogP contribution in [0.3, 0.4) is 0 Å². The molecule has 36 heavy (non-hydrogen) atoms. The fourth-order valence-corrected chi connectivity index (χ4v) is 11.9. The van der Waals surface area contributed by atoms with Crippen LogP contribution in [0, 0.1) is 56.7 Å². The Kier molecular flexibility index (Phi) is 5.98. The molecule has 0 aromatic heterocycles. The largest absolute Gasteiger partial charge is 0.462 e. The SMILES string of the molecule is C=C(C)[C@@H]1CC[C@]2(C(=O)F)CC[C@]3(C)[C@H](CC[C@@H]4[C@@]5(C)CC[C@H](OC(C)=O)C(C)(C)[C@@H]5CC[C@]43C)[C@H]12. The Bertz CT molecular complexity index is 970. The maximum Gasteiger partial charge on any atom is 0.307 e. The number of ether oxygens (including phenoxy) is 1. The lowest BCUT2D eigenvalue weighted by Gasteiger charge is -2.72. The van der Waals surface area contributed by atoms with Crippen LogP contribution in [0.1, 0.15) is 113 Å². The van der Waals surface area contributed by atoms with Crippen LogP contribution in [0.15, 0.2) is 12.2 Å². The van der Waals surface area contributed by atoms with E-state index in [0.29, 0.717) is 30.6 Å². The van der Waals surface area contributed by atoms with E-state index in [1.165, 1.54) is 13.3 Å². The fourth-order valence-electron chi connectivity index (χ4n) is 11.9. The third-order valence-electron chi connectivity index (χ3n) is 13.7. The molecular formula is C32H49FO3. The summed E-state index contributed by atoms with van der Waals surface area (Å²) < 4.78 is 20.7. The molecule has 5 fully saturated rings. The van der Waals surface area contributed by atoms with Gasteiger partial charge in [0.2, 0.25) is 0 Å². The van der Waals surface area contributed by atoms with Gasteiger partial charge in [0, 0.05) is 12.3 Å². The van der Waals surface area contributed by atoms with Crippen molar-refractivity contribution in [1.82, 2.24) is 0 Å². The average Bonchev–Trinajstić information content (AvgIpc) is 3.17. The molecule has 5 aliphatic rings. The highest BCUT2D eigenvalue weighted by Gasteiger charge is 2.72. The van der Waals surface area contributed by atoms with E-state index in [0.717, 1.165) is 50.5 Å². The predicted octanol–water partition coefficient (Wildman–Crippen LogP) is 8.07. The first-order valence-corrected chi connectivity index (χ1v) is 14.7. The topological polar surface area (TPSA) is 43.4 Å². The van der Waals surface area contributed by atoms with Crippen LogP contribution < -0.4 is 0 Å². The van der Waals surface area contributed by atoms with Crippen LogP contribution in [-0.4, -0.2) is 18.1 Å². The molecule has 3 nitrogen and oxygen atoms in total. The van der Waals surface area contributed by atoms with E-state index in [2.05, 4.69) is 48.1 Å². The number of carbonyl (C=O) groups excluding carboxylic acids is 2. The zero-order valence-corrected chi connectivity index (χ0v) is 23.8. The van der Waals surface area contributed by atoms with Crippen molar-refractivity contribution in [3.8, 4) is 0 Å². The minimum Gasteiger partial charge on any atom is -0.462 e. The molecule has 5 saturated carbocycles. The predicted molar refractivity (Wildman–Crippen MR) is 141 cm³/mol. The van der Waals surface area contributed by atoms with E-state index >= 15 is 0 Å². The Morgan fingerprint density at radius 1 is 0.806 bits per heavy atom. The zero-order valence-electron chi connectivity index (χ0n) is 23.8. The van der Waals surface area contributed by atoms with Gasteiger partial charge in [-0.1, -0.05) is 46.8 Å². The van der Waals surface area contributed by atoms with E-state index in [4.69, 9.17) is 4.74 Å². The number of carbonyl (C=O) groups is 2. The number of esters is 1. The number of hydrogen-bond acceptors (Lipinski definition) is 3. The lowest BCUT2D eigenvalue weighted by atomic mass is 9.32. The number of hydrogen-bond donors (Lipinski definition) is 0. The Balaban J connectivity index is 1.52. The van der Waals surface area contributed by atoms with Gasteiger partial charge < -0.3 is 4.74 Å². The van der Waals surface area contributed by atoms with Gasteiger partial charge in [-0.3, -0.25) is 9.59 Å². The van der Waals surface area contributed by atoms with Crippen molar-refractivity contribution in [2.24, 2.45) is 56.7 Å². The highest BCUT2D eigenvalue weighted by molar-refractivity contribution is 5.77. The minimum absolute atomic E-state index is 0.00923. The smallest absolute Gasteiger partial charge is 0.307 e. The summed E-state index contributed by atoms with van der Waals surface area (Å²) in [5.41, 5.74) is 0.788. The number of fused-ring (bicyclic) bond motifs is 7. The van der Waals surface area contributed by atoms with Crippen LogP contribution in [0.5, 0.6) is 0 Å². The summed E-state index contributed by atoms with van der Waals surface area (Å²) >= 11 is 0. The molecule has 0 radical (unpaired) electrons. The molecule has 202 valence electrons. The van der Waals surface area contributed by atoms with Crippen LogP contribution in [0.25, 0.3) is 0 Å². The van der Waals surface area contributed by atoms with Crippen molar-refractivity contribution >= 4 is 12.0 Å². The molecule has 0 aromatic rings. The second kappa shape index (κ2) is 8.15. The van der Waals surface area contributed by atoms with Crippen LogP contribution in [0.2, 0.25) is 0 Å². The molecule has 0 spiro atoms. The molecule has 0 amide bonds. The van der Waals surface area contributed by atoms with Gasteiger partial charge in [-0.05, 0) is 117 Å². The second-order valence-electron chi connectivity index (χ2n) is 15.1. The maximum atomic E-state index is 14.9. The molecule has 0 saturated heterocycles. The highest BCUT2D eigenvalue weighted by Crippen LogP contribution is 2.77. The van der Waals surface area contributed by atoms with Gasteiger partial charge in [-0.15, -0.1) is 0 Å². The maximum absolute atomic E-state index is 14.9. The van der Waals surface area contributed by atoms with E-state index in [9.17, 15) is 14.0 Å². The molecule has 0 unspecified atom stereocenters. The number of allylic oxidation sites excluding steroid dienone is 1. The first-order valence-electron chi connectivity index (χ1n) is 14.7. The van der Waals surface area contributed by atoms with Gasteiger partial charge in [0.05, 0.1) is 5.41 Å². The Morgan fingerprint density at radius 2 is 1.50 bits per heavy atom. The third-order valence-corrected chi connectivity index (χ3v) is 13.7. The number of halogens is 1. The normalized spacial score (nSPS) is 51.2. The van der Waals surface area contributed by atoms with Crippen molar-refractivity contribution in [3.63, 3.8) is 0 Å². The average molecular weight is 501 g/mol. The lowest BCUT2D eigenvalue weighted by Crippen LogP contribution is -2.67.